The fraction of sp³-hybridized carbons (Fsp3) is 0.261. The van der Waals surface area contributed by atoms with Crippen molar-refractivity contribution in [3.05, 3.63) is 76.1 Å². The highest BCUT2D eigenvalue weighted by Crippen LogP contribution is 2.30. The van der Waals surface area contributed by atoms with Crippen LogP contribution in [0.2, 0.25) is 5.02 Å². The molecule has 1 saturated heterocycles. The van der Waals surface area contributed by atoms with Gasteiger partial charge in [0.1, 0.15) is 0 Å². The fourth-order valence-corrected chi connectivity index (χ4v) is 5.32. The number of halogens is 1. The lowest BCUT2D eigenvalue weighted by molar-refractivity contribution is 0.0629. The van der Waals surface area contributed by atoms with E-state index < -0.39 is 10.8 Å². The van der Waals surface area contributed by atoms with Crippen LogP contribution in [-0.4, -0.2) is 52.4 Å². The van der Waals surface area contributed by atoms with Crippen molar-refractivity contribution in [3.63, 3.8) is 0 Å². The van der Waals surface area contributed by atoms with Crippen LogP contribution in [-0.2, 0) is 17.3 Å². The Balaban J connectivity index is 1.32. The molecule has 1 amide bonds. The number of thiophene rings is 1. The Bertz CT molecular complexity index is 1060. The smallest absolute Gasteiger partial charge is 0.253 e. The van der Waals surface area contributed by atoms with E-state index in [1.165, 1.54) is 9.75 Å². The van der Waals surface area contributed by atoms with Gasteiger partial charge in [-0.2, -0.15) is 0 Å². The lowest BCUT2D eigenvalue weighted by atomic mass is 10.2. The van der Waals surface area contributed by atoms with Gasteiger partial charge in [0, 0.05) is 75.0 Å². The highest BCUT2D eigenvalue weighted by Gasteiger charge is 2.22. The van der Waals surface area contributed by atoms with Crippen molar-refractivity contribution in [2.45, 2.75) is 11.4 Å². The second kappa shape index (κ2) is 9.43. The van der Waals surface area contributed by atoms with Gasteiger partial charge >= 0.3 is 0 Å². The molecule has 3 aromatic rings. The lowest BCUT2D eigenvalue weighted by Gasteiger charge is -2.34. The van der Waals surface area contributed by atoms with Crippen LogP contribution in [0.25, 0.3) is 10.4 Å². The summed E-state index contributed by atoms with van der Waals surface area (Å²) in [7, 11) is -1.03. The number of rotatable bonds is 5. The van der Waals surface area contributed by atoms with Gasteiger partial charge in [0.05, 0.1) is 0 Å². The molecule has 1 aliphatic rings. The highest BCUT2D eigenvalue weighted by molar-refractivity contribution is 7.84. The van der Waals surface area contributed by atoms with Crippen molar-refractivity contribution in [2.75, 3.05) is 32.4 Å². The van der Waals surface area contributed by atoms with E-state index in [0.717, 1.165) is 35.1 Å². The van der Waals surface area contributed by atoms with Crippen molar-refractivity contribution in [2.24, 2.45) is 0 Å². The maximum absolute atomic E-state index is 12.8. The number of carbonyl (C=O) groups is 1. The third kappa shape index (κ3) is 5.01. The summed E-state index contributed by atoms with van der Waals surface area (Å²) in [4.78, 5) is 20.3. The van der Waals surface area contributed by atoms with Crippen LogP contribution in [0.15, 0.2) is 65.6 Å². The number of nitrogens with zero attached hydrogens (tertiary/aromatic N) is 2. The molecule has 7 heteroatoms. The number of hydrogen-bond acceptors (Lipinski definition) is 4. The number of piperazine rings is 1. The second-order valence-electron chi connectivity index (χ2n) is 7.32. The first-order valence-electron chi connectivity index (χ1n) is 9.79. The molecular formula is C23H23ClN2O2S2. The van der Waals surface area contributed by atoms with Crippen LogP contribution in [0, 0.1) is 0 Å². The first-order valence-corrected chi connectivity index (χ1v) is 12.5. The van der Waals surface area contributed by atoms with E-state index in [2.05, 4.69) is 23.1 Å². The molecule has 156 valence electrons. The summed E-state index contributed by atoms with van der Waals surface area (Å²) in [5.74, 6) is 0.0439. The molecule has 1 fully saturated rings. The van der Waals surface area contributed by atoms with Crippen molar-refractivity contribution in [3.8, 4) is 10.4 Å². The van der Waals surface area contributed by atoms with Crippen LogP contribution >= 0.6 is 22.9 Å². The summed E-state index contributed by atoms with van der Waals surface area (Å²) in [6.45, 7) is 4.03. The molecule has 0 unspecified atom stereocenters. The Hall–Kier alpha value is -1.99. The minimum atomic E-state index is -1.03. The first kappa shape index (κ1) is 21.2. The van der Waals surface area contributed by atoms with Crippen LogP contribution in [0.4, 0.5) is 0 Å². The number of benzene rings is 2. The molecule has 0 radical (unpaired) electrons. The van der Waals surface area contributed by atoms with Crippen molar-refractivity contribution < 1.29 is 9.00 Å². The van der Waals surface area contributed by atoms with Gasteiger partial charge in [-0.15, -0.1) is 11.3 Å². The van der Waals surface area contributed by atoms with Gasteiger partial charge in [0.2, 0.25) is 0 Å². The molecular weight excluding hydrogens is 436 g/mol. The second-order valence-corrected chi connectivity index (χ2v) is 10.3. The third-order valence-corrected chi connectivity index (χ3v) is 7.53. The van der Waals surface area contributed by atoms with Crippen molar-refractivity contribution in [1.82, 2.24) is 9.80 Å². The van der Waals surface area contributed by atoms with Crippen LogP contribution < -0.4 is 0 Å². The zero-order chi connectivity index (χ0) is 21.1. The topological polar surface area (TPSA) is 40.6 Å². The van der Waals surface area contributed by atoms with E-state index in [4.69, 9.17) is 11.6 Å². The molecule has 0 spiro atoms. The van der Waals surface area contributed by atoms with Crippen LogP contribution in [0.3, 0.4) is 0 Å². The summed E-state index contributed by atoms with van der Waals surface area (Å²) in [6, 6.07) is 19.4. The van der Waals surface area contributed by atoms with E-state index in [9.17, 15) is 9.00 Å². The van der Waals surface area contributed by atoms with E-state index >= 15 is 0 Å². The molecule has 1 aromatic heterocycles. The number of carbonyl (C=O) groups excluding carboxylic acids is 1. The molecule has 30 heavy (non-hydrogen) atoms. The van der Waals surface area contributed by atoms with Gasteiger partial charge in [-0.05, 0) is 54.1 Å². The number of hydrogen-bond donors (Lipinski definition) is 0. The molecule has 0 bridgehead atoms. The average molecular weight is 459 g/mol. The Labute approximate surface area is 188 Å². The third-order valence-electron chi connectivity index (χ3n) is 5.24. The number of amides is 1. The van der Waals surface area contributed by atoms with Crippen molar-refractivity contribution >= 4 is 39.6 Å². The van der Waals surface area contributed by atoms with Gasteiger partial charge < -0.3 is 4.90 Å². The maximum Gasteiger partial charge on any atom is 0.253 e. The summed E-state index contributed by atoms with van der Waals surface area (Å²) >= 11 is 7.90. The minimum absolute atomic E-state index is 0.0439. The van der Waals surface area contributed by atoms with E-state index in [-0.39, 0.29) is 5.91 Å². The summed E-state index contributed by atoms with van der Waals surface area (Å²) < 4.78 is 11.5. The van der Waals surface area contributed by atoms with Gasteiger partial charge in [-0.25, -0.2) is 0 Å². The van der Waals surface area contributed by atoms with Gasteiger partial charge in [-0.1, -0.05) is 23.7 Å². The van der Waals surface area contributed by atoms with Crippen molar-refractivity contribution in [1.29, 1.82) is 0 Å². The summed E-state index contributed by atoms with van der Waals surface area (Å²) in [6.07, 6.45) is 1.64. The van der Waals surface area contributed by atoms with Crippen LogP contribution in [0.1, 0.15) is 15.2 Å². The Kier molecular flexibility index (Phi) is 6.68. The Morgan fingerprint density at radius 1 is 1.03 bits per heavy atom. The summed E-state index contributed by atoms with van der Waals surface area (Å²) in [5, 5.41) is 0.751. The van der Waals surface area contributed by atoms with E-state index in [1.54, 1.807) is 41.9 Å². The molecule has 0 N–H and O–H groups in total. The molecule has 4 rings (SSSR count). The van der Waals surface area contributed by atoms with E-state index in [0.29, 0.717) is 18.7 Å². The quantitative estimate of drug-likeness (QED) is 0.553. The standard InChI is InChI=1S/C23H23ClN2O2S2/c1-30(28)21-8-5-17(6-9-21)23(27)26-13-11-25(12-14-26)16-20-7-10-22(29-20)18-3-2-4-19(24)15-18/h2-10,15H,11-14,16H2,1H3/t30-/m0/s1. The first-order chi connectivity index (χ1) is 14.5. The average Bonchev–Trinajstić information content (AvgIpc) is 3.22. The molecule has 0 saturated carbocycles. The molecule has 1 atom stereocenters. The van der Waals surface area contributed by atoms with Gasteiger partial charge in [0.15, 0.2) is 0 Å². The SMILES string of the molecule is C[S@](=O)c1ccc(C(=O)N2CCN(Cc3ccc(-c4cccc(Cl)c4)s3)CC2)cc1. The molecule has 1 aliphatic heterocycles. The van der Waals surface area contributed by atoms with Gasteiger partial charge in [0.25, 0.3) is 5.91 Å². The predicted molar refractivity (Wildman–Crippen MR) is 125 cm³/mol. The molecule has 0 aliphatic carbocycles. The van der Waals surface area contributed by atoms with E-state index in [1.807, 2.05) is 23.1 Å². The normalized spacial score (nSPS) is 15.9. The Morgan fingerprint density at radius 3 is 2.43 bits per heavy atom. The summed E-state index contributed by atoms with van der Waals surface area (Å²) in [5.41, 5.74) is 1.80. The fourth-order valence-electron chi connectivity index (χ4n) is 3.56. The van der Waals surface area contributed by atoms with Gasteiger partial charge in [-0.3, -0.25) is 13.9 Å². The molecule has 2 aromatic carbocycles. The molecule has 4 nitrogen and oxygen atoms in total. The molecule has 2 heterocycles. The predicted octanol–water partition coefficient (Wildman–Crippen LogP) is 4.76. The van der Waals surface area contributed by atoms with Crippen LogP contribution in [0.5, 0.6) is 0 Å². The zero-order valence-corrected chi connectivity index (χ0v) is 19.1. The zero-order valence-electron chi connectivity index (χ0n) is 16.7. The lowest BCUT2D eigenvalue weighted by Crippen LogP contribution is -2.48. The highest BCUT2D eigenvalue weighted by atomic mass is 35.5. The Morgan fingerprint density at radius 2 is 1.77 bits per heavy atom. The largest absolute Gasteiger partial charge is 0.336 e. The maximum atomic E-state index is 12.8. The minimum Gasteiger partial charge on any atom is -0.336 e. The monoisotopic (exact) mass is 458 g/mol.